The second-order valence-corrected chi connectivity index (χ2v) is 10.2. The van der Waals surface area contributed by atoms with Crippen molar-refractivity contribution in [3.63, 3.8) is 0 Å². The van der Waals surface area contributed by atoms with Crippen molar-refractivity contribution in [2.75, 3.05) is 31.0 Å². The molecule has 234 valence electrons. The van der Waals surface area contributed by atoms with Gasteiger partial charge in [0.15, 0.2) is 18.1 Å². The average molecular weight is 642 g/mol. The molecule has 0 aromatic heterocycles. The number of imide groups is 2. The van der Waals surface area contributed by atoms with E-state index in [1.165, 1.54) is 25.3 Å². The molecule has 0 spiro atoms. The Morgan fingerprint density at radius 3 is 2.24 bits per heavy atom. The molecule has 0 unspecified atom stereocenters. The number of hydrogen-bond acceptors (Lipinski definition) is 8. The summed E-state index contributed by atoms with van der Waals surface area (Å²) in [5.41, 5.74) is 1.77. The minimum absolute atomic E-state index is 0.0612. The Morgan fingerprint density at radius 2 is 1.57 bits per heavy atom. The summed E-state index contributed by atoms with van der Waals surface area (Å²) >= 11 is 6.47. The van der Waals surface area contributed by atoms with Crippen LogP contribution < -0.4 is 34.5 Å². The maximum atomic E-state index is 13.4. The Labute approximate surface area is 269 Å². The first kappa shape index (κ1) is 31.6. The number of hydrogen-bond donors (Lipinski definition) is 2. The third-order valence-corrected chi connectivity index (χ3v) is 7.01. The van der Waals surface area contributed by atoms with Crippen molar-refractivity contribution in [3.05, 3.63) is 113 Å². The zero-order chi connectivity index (χ0) is 32.6. The first-order valence-electron chi connectivity index (χ1n) is 13.9. The summed E-state index contributed by atoms with van der Waals surface area (Å²) in [5, 5.41) is 4.95. The van der Waals surface area contributed by atoms with Crippen molar-refractivity contribution in [3.8, 4) is 23.0 Å². The third-order valence-electron chi connectivity index (χ3n) is 6.73. The van der Waals surface area contributed by atoms with E-state index in [2.05, 4.69) is 10.6 Å². The van der Waals surface area contributed by atoms with Gasteiger partial charge in [-0.15, -0.1) is 0 Å². The number of amides is 5. The zero-order valence-corrected chi connectivity index (χ0v) is 25.5. The quantitative estimate of drug-likeness (QED) is 0.159. The molecule has 1 fully saturated rings. The van der Waals surface area contributed by atoms with E-state index in [0.29, 0.717) is 29.4 Å². The van der Waals surface area contributed by atoms with Gasteiger partial charge in [-0.2, -0.15) is 0 Å². The molecule has 12 heteroatoms. The van der Waals surface area contributed by atoms with E-state index in [0.717, 1.165) is 10.5 Å². The van der Waals surface area contributed by atoms with Gasteiger partial charge in [0.2, 0.25) is 0 Å². The second kappa shape index (κ2) is 14.3. The summed E-state index contributed by atoms with van der Waals surface area (Å²) in [7, 11) is 2.92. The Kier molecular flexibility index (Phi) is 9.84. The van der Waals surface area contributed by atoms with E-state index in [9.17, 15) is 19.2 Å². The average Bonchev–Trinajstić information content (AvgIpc) is 3.06. The van der Waals surface area contributed by atoms with E-state index in [1.807, 2.05) is 30.3 Å². The fraction of sp³-hybridized carbons (Fsp3) is 0.118. The van der Waals surface area contributed by atoms with Crippen molar-refractivity contribution in [2.45, 2.75) is 6.61 Å². The van der Waals surface area contributed by atoms with E-state index in [4.69, 9.17) is 30.5 Å². The normalized spacial score (nSPS) is 13.7. The number of ether oxygens (including phenoxy) is 4. The number of carbonyl (C=O) groups excluding carboxylic acids is 4. The van der Waals surface area contributed by atoms with Crippen molar-refractivity contribution in [2.24, 2.45) is 0 Å². The first-order valence-corrected chi connectivity index (χ1v) is 14.3. The smallest absolute Gasteiger partial charge is 0.335 e. The van der Waals surface area contributed by atoms with Crippen molar-refractivity contribution < 1.29 is 38.1 Å². The zero-order valence-electron chi connectivity index (χ0n) is 24.7. The number of halogens is 1. The lowest BCUT2D eigenvalue weighted by Gasteiger charge is -2.26. The maximum Gasteiger partial charge on any atom is 0.335 e. The summed E-state index contributed by atoms with van der Waals surface area (Å²) in [6.07, 6.45) is 1.28. The number of urea groups is 1. The lowest BCUT2D eigenvalue weighted by atomic mass is 10.1. The Bertz CT molecular complexity index is 1790. The van der Waals surface area contributed by atoms with Crippen LogP contribution in [-0.4, -0.2) is 44.6 Å². The molecule has 46 heavy (non-hydrogen) atoms. The van der Waals surface area contributed by atoms with Gasteiger partial charge in [-0.05, 0) is 77.9 Å². The van der Waals surface area contributed by atoms with Crippen molar-refractivity contribution in [1.82, 2.24) is 5.32 Å². The predicted molar refractivity (Wildman–Crippen MR) is 171 cm³/mol. The first-order chi connectivity index (χ1) is 22.2. The summed E-state index contributed by atoms with van der Waals surface area (Å²) < 4.78 is 21.9. The minimum Gasteiger partial charge on any atom is -0.497 e. The fourth-order valence-electron chi connectivity index (χ4n) is 4.46. The van der Waals surface area contributed by atoms with E-state index in [1.54, 1.807) is 55.6 Å². The van der Waals surface area contributed by atoms with E-state index >= 15 is 0 Å². The predicted octanol–water partition coefficient (Wildman–Crippen LogP) is 5.62. The largest absolute Gasteiger partial charge is 0.497 e. The number of nitrogens with zero attached hydrogens (tertiary/aromatic N) is 1. The summed E-state index contributed by atoms with van der Waals surface area (Å²) in [6, 6.07) is 24.7. The van der Waals surface area contributed by atoms with Crippen LogP contribution in [0.15, 0.2) is 96.6 Å². The molecule has 5 amide bonds. The molecule has 0 radical (unpaired) electrons. The van der Waals surface area contributed by atoms with Gasteiger partial charge in [0.1, 0.15) is 23.7 Å². The monoisotopic (exact) mass is 641 g/mol. The van der Waals surface area contributed by atoms with Crippen LogP contribution in [0.5, 0.6) is 23.0 Å². The van der Waals surface area contributed by atoms with Gasteiger partial charge in [0, 0.05) is 5.69 Å². The highest BCUT2D eigenvalue weighted by molar-refractivity contribution is 6.39. The van der Waals surface area contributed by atoms with Gasteiger partial charge in [0.25, 0.3) is 17.7 Å². The molecule has 0 bridgehead atoms. The highest BCUT2D eigenvalue weighted by Crippen LogP contribution is 2.37. The van der Waals surface area contributed by atoms with E-state index in [-0.39, 0.29) is 34.4 Å². The van der Waals surface area contributed by atoms with Crippen LogP contribution in [0.3, 0.4) is 0 Å². The topological polar surface area (TPSA) is 132 Å². The molecule has 2 N–H and O–H groups in total. The molecule has 0 atom stereocenters. The summed E-state index contributed by atoms with van der Waals surface area (Å²) in [6.45, 7) is -0.0337. The van der Waals surface area contributed by atoms with Gasteiger partial charge in [0.05, 0.1) is 24.9 Å². The van der Waals surface area contributed by atoms with Crippen LogP contribution in [0.2, 0.25) is 5.02 Å². The Hall–Kier alpha value is -5.81. The standard InChI is InChI=1S/C34H28ClN3O8/c1-43-25-12-8-23(9-13-25)36-30(39)20-46-31-28(35)17-22(18-29(31)44-2)16-27-32(40)37-34(42)38(33(27)41)24-10-14-26(15-11-24)45-19-21-6-4-3-5-7-21/h3-18H,19-20H2,1-2H3,(H,36,39)(H,37,40,42)/b27-16-. The molecule has 1 aliphatic rings. The van der Waals surface area contributed by atoms with Crippen LogP contribution in [0.25, 0.3) is 6.08 Å². The van der Waals surface area contributed by atoms with Gasteiger partial charge in [-0.1, -0.05) is 41.9 Å². The molecule has 0 saturated carbocycles. The van der Waals surface area contributed by atoms with Gasteiger partial charge in [-0.3, -0.25) is 19.7 Å². The Morgan fingerprint density at radius 1 is 0.870 bits per heavy atom. The lowest BCUT2D eigenvalue weighted by Crippen LogP contribution is -2.54. The summed E-state index contributed by atoms with van der Waals surface area (Å²) in [4.78, 5) is 52.2. The molecule has 11 nitrogen and oxygen atoms in total. The molecular weight excluding hydrogens is 614 g/mol. The van der Waals surface area contributed by atoms with E-state index < -0.39 is 23.8 Å². The number of barbiturate groups is 1. The molecule has 1 heterocycles. The molecule has 1 aliphatic heterocycles. The second-order valence-electron chi connectivity index (χ2n) is 9.83. The number of methoxy groups -OCH3 is 2. The Balaban J connectivity index is 1.29. The molecule has 1 saturated heterocycles. The van der Waals surface area contributed by atoms with Crippen LogP contribution in [0.4, 0.5) is 16.2 Å². The number of nitrogens with one attached hydrogen (secondary N) is 2. The molecule has 5 rings (SSSR count). The highest BCUT2D eigenvalue weighted by atomic mass is 35.5. The summed E-state index contributed by atoms with van der Waals surface area (Å²) in [5.74, 6) is -0.740. The van der Waals surface area contributed by atoms with Crippen LogP contribution in [-0.2, 0) is 21.0 Å². The molecular formula is C34H28ClN3O8. The van der Waals surface area contributed by atoms with Crippen LogP contribution >= 0.6 is 11.6 Å². The number of carbonyl (C=O) groups is 4. The maximum absolute atomic E-state index is 13.4. The number of benzene rings is 4. The van der Waals surface area contributed by atoms with Crippen LogP contribution in [0.1, 0.15) is 11.1 Å². The number of anilines is 2. The number of rotatable bonds is 11. The van der Waals surface area contributed by atoms with Crippen molar-refractivity contribution in [1.29, 1.82) is 0 Å². The molecule has 0 aliphatic carbocycles. The van der Waals surface area contributed by atoms with Crippen LogP contribution in [0, 0.1) is 0 Å². The van der Waals surface area contributed by atoms with Crippen molar-refractivity contribution >= 4 is 52.8 Å². The molecule has 4 aromatic rings. The van der Waals surface area contributed by atoms with Gasteiger partial charge >= 0.3 is 6.03 Å². The SMILES string of the molecule is COc1ccc(NC(=O)COc2c(Cl)cc(/C=C3/C(=O)NC(=O)N(c4ccc(OCc5ccccc5)cc4)C3=O)cc2OC)cc1. The fourth-order valence-corrected chi connectivity index (χ4v) is 4.74. The lowest BCUT2D eigenvalue weighted by molar-refractivity contribution is -0.122. The highest BCUT2D eigenvalue weighted by Gasteiger charge is 2.37. The van der Waals surface area contributed by atoms with Gasteiger partial charge in [-0.25, -0.2) is 9.69 Å². The third kappa shape index (κ3) is 7.45. The minimum atomic E-state index is -0.891. The van der Waals surface area contributed by atoms with Gasteiger partial charge < -0.3 is 24.3 Å². The molecule has 4 aromatic carbocycles.